The number of ether oxygens (including phenoxy) is 2. The van der Waals surface area contributed by atoms with Gasteiger partial charge in [0.1, 0.15) is 5.01 Å². The minimum Gasteiger partial charge on any atom is -0.385 e. The van der Waals surface area contributed by atoms with E-state index in [0.717, 1.165) is 37.7 Å². The summed E-state index contributed by atoms with van der Waals surface area (Å²) >= 11 is 1.43. The molecule has 0 saturated heterocycles. The largest absolute Gasteiger partial charge is 0.385 e. The lowest BCUT2D eigenvalue weighted by Gasteiger charge is -2.20. The van der Waals surface area contributed by atoms with E-state index in [1.165, 1.54) is 11.3 Å². The van der Waals surface area contributed by atoms with Gasteiger partial charge in [0.05, 0.1) is 13.2 Å². The molecule has 1 aromatic rings. The molecule has 0 aromatic carbocycles. The first-order valence-corrected chi connectivity index (χ1v) is 6.36. The summed E-state index contributed by atoms with van der Waals surface area (Å²) in [5, 5.41) is 9.29. The summed E-state index contributed by atoms with van der Waals surface area (Å²) in [5.41, 5.74) is 5.56. The van der Waals surface area contributed by atoms with Gasteiger partial charge in [-0.2, -0.15) is 0 Å². The second kappa shape index (κ2) is 8.35. The molecule has 0 aliphatic carbocycles. The van der Waals surface area contributed by atoms with E-state index in [1.54, 1.807) is 14.2 Å². The fourth-order valence-electron chi connectivity index (χ4n) is 1.44. The third-order valence-corrected chi connectivity index (χ3v) is 3.01. The number of anilines is 1. The van der Waals surface area contributed by atoms with Crippen LogP contribution in [-0.4, -0.2) is 55.6 Å². The van der Waals surface area contributed by atoms with Crippen molar-refractivity contribution in [3.63, 3.8) is 0 Å². The molecule has 0 aliphatic heterocycles. The van der Waals surface area contributed by atoms with E-state index in [1.807, 2.05) is 0 Å². The maximum Gasteiger partial charge on any atom is 0.203 e. The molecule has 17 heavy (non-hydrogen) atoms. The van der Waals surface area contributed by atoms with E-state index >= 15 is 0 Å². The molecule has 0 spiro atoms. The molecule has 0 unspecified atom stereocenters. The van der Waals surface area contributed by atoms with Crippen LogP contribution in [0.4, 0.5) is 5.13 Å². The fourth-order valence-corrected chi connectivity index (χ4v) is 2.10. The summed E-state index contributed by atoms with van der Waals surface area (Å²) in [6, 6.07) is 0. The van der Waals surface area contributed by atoms with Crippen LogP contribution in [0.5, 0.6) is 0 Å². The summed E-state index contributed by atoms with van der Waals surface area (Å²) in [6.07, 6.45) is 0.995. The molecule has 7 heteroatoms. The van der Waals surface area contributed by atoms with Crippen molar-refractivity contribution >= 4 is 16.5 Å². The summed E-state index contributed by atoms with van der Waals surface area (Å²) in [4.78, 5) is 2.27. The number of nitrogens with two attached hydrogens (primary N) is 1. The van der Waals surface area contributed by atoms with Crippen LogP contribution >= 0.6 is 11.3 Å². The normalized spacial score (nSPS) is 11.2. The number of hydrogen-bond acceptors (Lipinski definition) is 7. The lowest BCUT2D eigenvalue weighted by molar-refractivity contribution is 0.129. The Morgan fingerprint density at radius 2 is 1.94 bits per heavy atom. The van der Waals surface area contributed by atoms with Crippen molar-refractivity contribution < 1.29 is 9.47 Å². The van der Waals surface area contributed by atoms with Crippen molar-refractivity contribution in [1.82, 2.24) is 15.1 Å². The minimum absolute atomic E-state index is 0.517. The van der Waals surface area contributed by atoms with Gasteiger partial charge in [0, 0.05) is 33.9 Å². The van der Waals surface area contributed by atoms with Crippen molar-refractivity contribution in [2.45, 2.75) is 13.0 Å². The van der Waals surface area contributed by atoms with E-state index in [4.69, 9.17) is 15.2 Å². The second-order valence-corrected chi connectivity index (χ2v) is 4.74. The van der Waals surface area contributed by atoms with Gasteiger partial charge in [-0.3, -0.25) is 4.90 Å². The van der Waals surface area contributed by atoms with Crippen LogP contribution in [0.1, 0.15) is 11.4 Å². The van der Waals surface area contributed by atoms with Gasteiger partial charge >= 0.3 is 0 Å². The van der Waals surface area contributed by atoms with Gasteiger partial charge < -0.3 is 15.2 Å². The molecule has 2 N–H and O–H groups in total. The zero-order valence-corrected chi connectivity index (χ0v) is 11.2. The Morgan fingerprint density at radius 1 is 1.18 bits per heavy atom. The van der Waals surface area contributed by atoms with Gasteiger partial charge in [-0.25, -0.2) is 0 Å². The average molecular weight is 260 g/mol. The lowest BCUT2D eigenvalue weighted by atomic mass is 10.4. The van der Waals surface area contributed by atoms with Crippen LogP contribution < -0.4 is 5.73 Å². The third-order valence-electron chi connectivity index (χ3n) is 2.28. The second-order valence-electron chi connectivity index (χ2n) is 3.65. The van der Waals surface area contributed by atoms with Crippen molar-refractivity contribution in [1.29, 1.82) is 0 Å². The van der Waals surface area contributed by atoms with Crippen LogP contribution in [0.25, 0.3) is 0 Å². The maximum absolute atomic E-state index is 5.56. The Labute approximate surface area is 106 Å². The zero-order chi connectivity index (χ0) is 12.5. The quantitative estimate of drug-likeness (QED) is 0.656. The van der Waals surface area contributed by atoms with E-state index in [-0.39, 0.29) is 0 Å². The van der Waals surface area contributed by atoms with Crippen LogP contribution in [-0.2, 0) is 16.0 Å². The van der Waals surface area contributed by atoms with E-state index in [2.05, 4.69) is 15.1 Å². The Kier molecular flexibility index (Phi) is 7.02. The van der Waals surface area contributed by atoms with Gasteiger partial charge in [0.25, 0.3) is 0 Å². The highest BCUT2D eigenvalue weighted by molar-refractivity contribution is 7.15. The minimum atomic E-state index is 0.517. The van der Waals surface area contributed by atoms with E-state index < -0.39 is 0 Å². The maximum atomic E-state index is 5.56. The molecule has 1 rings (SSSR count). The van der Waals surface area contributed by atoms with Crippen molar-refractivity contribution in [2.24, 2.45) is 0 Å². The molecule has 98 valence electrons. The molecule has 0 saturated carbocycles. The zero-order valence-electron chi connectivity index (χ0n) is 10.4. The van der Waals surface area contributed by atoms with Gasteiger partial charge in [-0.1, -0.05) is 11.3 Å². The molecule has 1 aromatic heterocycles. The molecule has 0 fully saturated rings. The Balaban J connectivity index is 2.38. The van der Waals surface area contributed by atoms with Crippen LogP contribution in [0, 0.1) is 0 Å². The van der Waals surface area contributed by atoms with Crippen LogP contribution in [0.3, 0.4) is 0 Å². The number of nitrogens with zero attached hydrogens (tertiary/aromatic N) is 3. The Hall–Kier alpha value is -0.760. The molecule has 0 amide bonds. The number of rotatable bonds is 9. The first kappa shape index (κ1) is 14.3. The summed E-state index contributed by atoms with van der Waals surface area (Å²) in [6.45, 7) is 4.07. The van der Waals surface area contributed by atoms with E-state index in [9.17, 15) is 0 Å². The molecular formula is C10H20N4O2S. The highest BCUT2D eigenvalue weighted by Gasteiger charge is 2.09. The number of methoxy groups -OCH3 is 2. The summed E-state index contributed by atoms with van der Waals surface area (Å²) < 4.78 is 10.1. The van der Waals surface area contributed by atoms with Crippen molar-refractivity contribution in [2.75, 3.05) is 46.3 Å². The molecule has 0 bridgehead atoms. The first-order valence-electron chi connectivity index (χ1n) is 5.54. The van der Waals surface area contributed by atoms with Gasteiger partial charge in [-0.05, 0) is 6.42 Å². The van der Waals surface area contributed by atoms with E-state index in [0.29, 0.717) is 11.7 Å². The highest BCUT2D eigenvalue weighted by Crippen LogP contribution is 2.13. The summed E-state index contributed by atoms with van der Waals surface area (Å²) in [5.74, 6) is 0. The number of hydrogen-bond donors (Lipinski definition) is 1. The molecule has 1 heterocycles. The Morgan fingerprint density at radius 3 is 2.53 bits per heavy atom. The predicted octanol–water partition coefficient (Wildman–Crippen LogP) is 0.605. The molecule has 0 radical (unpaired) electrons. The topological polar surface area (TPSA) is 73.5 Å². The number of nitrogen functional groups attached to an aromatic ring is 1. The first-order chi connectivity index (χ1) is 8.26. The van der Waals surface area contributed by atoms with Crippen molar-refractivity contribution in [3.05, 3.63) is 5.01 Å². The predicted molar refractivity (Wildman–Crippen MR) is 68.0 cm³/mol. The van der Waals surface area contributed by atoms with Crippen LogP contribution in [0.15, 0.2) is 0 Å². The molecular weight excluding hydrogens is 240 g/mol. The average Bonchev–Trinajstić information content (AvgIpc) is 2.72. The lowest BCUT2D eigenvalue weighted by Crippen LogP contribution is -2.28. The number of aromatic nitrogens is 2. The smallest absolute Gasteiger partial charge is 0.203 e. The SMILES string of the molecule is COCCCN(CCOC)Cc1nnc(N)s1. The van der Waals surface area contributed by atoms with Crippen LogP contribution in [0.2, 0.25) is 0 Å². The standard InChI is InChI=1S/C10H20N4O2S/c1-15-6-3-4-14(5-7-16-2)8-9-12-13-10(11)17-9/h3-8H2,1-2H3,(H2,11,13). The molecule has 6 nitrogen and oxygen atoms in total. The van der Waals surface area contributed by atoms with Gasteiger partial charge in [-0.15, -0.1) is 10.2 Å². The van der Waals surface area contributed by atoms with Gasteiger partial charge in [0.15, 0.2) is 0 Å². The third kappa shape index (κ3) is 5.92. The molecule has 0 aliphatic rings. The monoisotopic (exact) mass is 260 g/mol. The van der Waals surface area contributed by atoms with Crippen molar-refractivity contribution in [3.8, 4) is 0 Å². The molecule has 0 atom stereocenters. The fraction of sp³-hybridized carbons (Fsp3) is 0.800. The Bertz CT molecular complexity index is 308. The van der Waals surface area contributed by atoms with Gasteiger partial charge in [0.2, 0.25) is 5.13 Å². The summed E-state index contributed by atoms with van der Waals surface area (Å²) in [7, 11) is 3.42. The highest BCUT2D eigenvalue weighted by atomic mass is 32.1.